The minimum absolute atomic E-state index is 0.0333. The first-order chi connectivity index (χ1) is 13.8. The second-order valence-corrected chi connectivity index (χ2v) is 7.07. The Hall–Kier alpha value is -3.46. The molecule has 0 fully saturated rings. The lowest BCUT2D eigenvalue weighted by Crippen LogP contribution is -2.32. The summed E-state index contributed by atoms with van der Waals surface area (Å²) in [5.41, 5.74) is 2.10. The number of carbonyl (C=O) groups is 2. The number of aryl methyl sites for hydroxylation is 1. The summed E-state index contributed by atoms with van der Waals surface area (Å²) in [5, 5.41) is 15.9. The molecule has 1 heterocycles. The van der Waals surface area contributed by atoms with Crippen molar-refractivity contribution >= 4 is 39.1 Å². The molecule has 0 spiro atoms. The van der Waals surface area contributed by atoms with Crippen molar-refractivity contribution in [2.45, 2.75) is 6.92 Å². The molecule has 3 rings (SSSR count). The molecule has 2 N–H and O–H groups in total. The van der Waals surface area contributed by atoms with E-state index in [-0.39, 0.29) is 23.9 Å². The molecule has 8 nitrogen and oxygen atoms in total. The van der Waals surface area contributed by atoms with E-state index in [1.807, 2.05) is 19.1 Å². The van der Waals surface area contributed by atoms with E-state index in [2.05, 4.69) is 26.6 Å². The van der Waals surface area contributed by atoms with Crippen molar-refractivity contribution in [3.05, 3.63) is 80.5 Å². The summed E-state index contributed by atoms with van der Waals surface area (Å²) in [4.78, 5) is 34.5. The summed E-state index contributed by atoms with van der Waals surface area (Å²) in [6.07, 6.45) is 0. The van der Waals surface area contributed by atoms with Gasteiger partial charge in [0.05, 0.1) is 11.5 Å². The van der Waals surface area contributed by atoms with E-state index in [1.165, 1.54) is 30.3 Å². The van der Waals surface area contributed by atoms with Crippen LogP contribution in [-0.2, 0) is 4.79 Å². The van der Waals surface area contributed by atoms with Crippen molar-refractivity contribution < 1.29 is 18.9 Å². The molecule has 1 aromatic heterocycles. The summed E-state index contributed by atoms with van der Waals surface area (Å²) in [6, 6.07) is 14.3. The zero-order valence-electron chi connectivity index (χ0n) is 15.3. The highest BCUT2D eigenvalue weighted by Gasteiger charge is 2.14. The Morgan fingerprint density at radius 1 is 1.10 bits per heavy atom. The number of amides is 2. The molecule has 0 bridgehead atoms. The Bertz CT molecular complexity index is 1080. The molecule has 0 aliphatic carbocycles. The van der Waals surface area contributed by atoms with Gasteiger partial charge in [0.1, 0.15) is 5.76 Å². The second-order valence-electron chi connectivity index (χ2n) is 6.16. The monoisotopic (exact) mass is 457 g/mol. The zero-order valence-corrected chi connectivity index (χ0v) is 16.9. The van der Waals surface area contributed by atoms with Crippen molar-refractivity contribution in [3.63, 3.8) is 0 Å². The Morgan fingerprint density at radius 2 is 1.83 bits per heavy atom. The van der Waals surface area contributed by atoms with Crippen LogP contribution in [0.25, 0.3) is 11.3 Å². The van der Waals surface area contributed by atoms with E-state index >= 15 is 0 Å². The number of hydrogen-bond acceptors (Lipinski definition) is 5. The van der Waals surface area contributed by atoms with Crippen LogP contribution in [0.5, 0.6) is 0 Å². The number of nitro groups is 1. The molecule has 0 saturated carbocycles. The zero-order chi connectivity index (χ0) is 21.0. The SMILES string of the molecule is Cc1cc(Br)ccc1NC(=O)CNC(=O)c1ccc(-c2ccc([N+](=O)[O-])cc2)o1. The lowest BCUT2D eigenvalue weighted by molar-refractivity contribution is -0.384. The fourth-order valence-corrected chi connectivity index (χ4v) is 3.05. The molecule has 3 aromatic rings. The topological polar surface area (TPSA) is 114 Å². The van der Waals surface area contributed by atoms with E-state index in [1.54, 1.807) is 12.1 Å². The van der Waals surface area contributed by atoms with Gasteiger partial charge < -0.3 is 15.1 Å². The summed E-state index contributed by atoms with van der Waals surface area (Å²) >= 11 is 3.36. The normalized spacial score (nSPS) is 10.4. The van der Waals surface area contributed by atoms with E-state index in [9.17, 15) is 19.7 Å². The van der Waals surface area contributed by atoms with Crippen LogP contribution in [0.1, 0.15) is 16.1 Å². The van der Waals surface area contributed by atoms with Gasteiger partial charge in [-0.05, 0) is 55.0 Å². The molecule has 0 aliphatic rings. The number of hydrogen-bond donors (Lipinski definition) is 2. The lowest BCUT2D eigenvalue weighted by atomic mass is 10.1. The largest absolute Gasteiger partial charge is 0.451 e. The molecular formula is C20H16BrN3O5. The van der Waals surface area contributed by atoms with Crippen LogP contribution >= 0.6 is 15.9 Å². The molecule has 0 aliphatic heterocycles. The number of nitrogens with zero attached hydrogens (tertiary/aromatic N) is 1. The number of nitrogens with one attached hydrogen (secondary N) is 2. The van der Waals surface area contributed by atoms with Crippen LogP contribution in [0, 0.1) is 17.0 Å². The molecule has 148 valence electrons. The maximum absolute atomic E-state index is 12.2. The average Bonchev–Trinajstić information content (AvgIpc) is 3.19. The van der Waals surface area contributed by atoms with Crippen molar-refractivity contribution in [2.75, 3.05) is 11.9 Å². The van der Waals surface area contributed by atoms with E-state index in [0.29, 0.717) is 17.0 Å². The van der Waals surface area contributed by atoms with Gasteiger partial charge in [0.25, 0.3) is 11.6 Å². The van der Waals surface area contributed by atoms with Gasteiger partial charge in [-0.2, -0.15) is 0 Å². The van der Waals surface area contributed by atoms with Gasteiger partial charge >= 0.3 is 0 Å². The van der Waals surface area contributed by atoms with Gasteiger partial charge in [-0.1, -0.05) is 15.9 Å². The molecule has 2 aromatic carbocycles. The van der Waals surface area contributed by atoms with Crippen LogP contribution in [0.4, 0.5) is 11.4 Å². The maximum Gasteiger partial charge on any atom is 0.287 e. The predicted octanol–water partition coefficient (Wildman–Crippen LogP) is 4.29. The van der Waals surface area contributed by atoms with Crippen molar-refractivity contribution in [2.24, 2.45) is 0 Å². The number of rotatable bonds is 6. The molecule has 9 heteroatoms. The molecule has 0 unspecified atom stereocenters. The van der Waals surface area contributed by atoms with Crippen LogP contribution in [0.2, 0.25) is 0 Å². The predicted molar refractivity (Wildman–Crippen MR) is 111 cm³/mol. The van der Waals surface area contributed by atoms with E-state index in [0.717, 1.165) is 10.0 Å². The highest BCUT2D eigenvalue weighted by atomic mass is 79.9. The van der Waals surface area contributed by atoms with Crippen molar-refractivity contribution in [3.8, 4) is 11.3 Å². The lowest BCUT2D eigenvalue weighted by Gasteiger charge is -2.09. The Morgan fingerprint density at radius 3 is 2.48 bits per heavy atom. The van der Waals surface area contributed by atoms with Gasteiger partial charge in [0.2, 0.25) is 5.91 Å². The number of nitro benzene ring substituents is 1. The fourth-order valence-electron chi connectivity index (χ4n) is 2.57. The standard InChI is InChI=1S/C20H16BrN3O5/c1-12-10-14(21)4-7-16(12)23-19(25)11-22-20(26)18-9-8-17(29-18)13-2-5-15(6-3-13)24(27)28/h2-10H,11H2,1H3,(H,22,26)(H,23,25). The van der Waals surface area contributed by atoms with Crippen LogP contribution in [0.3, 0.4) is 0 Å². The number of anilines is 1. The second kappa shape index (κ2) is 8.70. The van der Waals surface area contributed by atoms with Crippen LogP contribution in [-0.4, -0.2) is 23.3 Å². The summed E-state index contributed by atoms with van der Waals surface area (Å²) < 4.78 is 6.40. The molecule has 2 amide bonds. The van der Waals surface area contributed by atoms with Crippen molar-refractivity contribution in [1.29, 1.82) is 0 Å². The Labute approximate surface area is 174 Å². The van der Waals surface area contributed by atoms with Crippen LogP contribution < -0.4 is 10.6 Å². The van der Waals surface area contributed by atoms with Crippen LogP contribution in [0.15, 0.2) is 63.5 Å². The molecule has 0 atom stereocenters. The third-order valence-corrected chi connectivity index (χ3v) is 4.56. The van der Waals surface area contributed by atoms with Gasteiger partial charge in [-0.3, -0.25) is 19.7 Å². The number of halogens is 1. The summed E-state index contributed by atoms with van der Waals surface area (Å²) in [7, 11) is 0. The minimum atomic E-state index is -0.541. The quantitative estimate of drug-likeness (QED) is 0.423. The first-order valence-electron chi connectivity index (χ1n) is 8.52. The van der Waals surface area contributed by atoms with E-state index in [4.69, 9.17) is 4.42 Å². The molecule has 29 heavy (non-hydrogen) atoms. The third kappa shape index (κ3) is 5.08. The fraction of sp³-hybridized carbons (Fsp3) is 0.100. The molecular weight excluding hydrogens is 442 g/mol. The Balaban J connectivity index is 1.58. The van der Waals surface area contributed by atoms with E-state index < -0.39 is 10.8 Å². The summed E-state index contributed by atoms with van der Waals surface area (Å²) in [6.45, 7) is 1.64. The molecule has 0 saturated heterocycles. The van der Waals surface area contributed by atoms with Gasteiger partial charge in [0.15, 0.2) is 5.76 Å². The highest BCUT2D eigenvalue weighted by Crippen LogP contribution is 2.24. The number of furan rings is 1. The summed E-state index contributed by atoms with van der Waals surface area (Å²) in [5.74, 6) is -0.488. The maximum atomic E-state index is 12.2. The first kappa shape index (κ1) is 20.3. The highest BCUT2D eigenvalue weighted by molar-refractivity contribution is 9.10. The van der Waals surface area contributed by atoms with Gasteiger partial charge in [-0.15, -0.1) is 0 Å². The Kier molecular flexibility index (Phi) is 6.08. The molecule has 0 radical (unpaired) electrons. The van der Waals surface area contributed by atoms with Gasteiger partial charge in [0, 0.05) is 27.9 Å². The smallest absolute Gasteiger partial charge is 0.287 e. The van der Waals surface area contributed by atoms with Crippen molar-refractivity contribution in [1.82, 2.24) is 5.32 Å². The third-order valence-electron chi connectivity index (χ3n) is 4.06. The average molecular weight is 458 g/mol. The van der Waals surface area contributed by atoms with Gasteiger partial charge in [-0.25, -0.2) is 0 Å². The number of carbonyl (C=O) groups excluding carboxylic acids is 2. The minimum Gasteiger partial charge on any atom is -0.451 e. The first-order valence-corrected chi connectivity index (χ1v) is 9.31. The number of benzene rings is 2. The number of non-ortho nitro benzene ring substituents is 1.